The summed E-state index contributed by atoms with van der Waals surface area (Å²) in [6.07, 6.45) is 23.8. The van der Waals surface area contributed by atoms with Gasteiger partial charge in [-0.05, 0) is 12.8 Å². The van der Waals surface area contributed by atoms with Gasteiger partial charge in [0.2, 0.25) is 0 Å². The SMILES string of the molecule is CCCCCCCCCCCCCCCCOC(=O)N(O)CCC(=O)OCCCCCCCC. The minimum absolute atomic E-state index is 0.0275. The van der Waals surface area contributed by atoms with Gasteiger partial charge in [-0.2, -0.15) is 5.06 Å². The maximum atomic E-state index is 11.8. The molecule has 202 valence electrons. The molecule has 0 atom stereocenters. The van der Waals surface area contributed by atoms with E-state index in [1.165, 1.54) is 96.3 Å². The lowest BCUT2D eigenvalue weighted by Gasteiger charge is -2.14. The molecule has 0 fully saturated rings. The minimum Gasteiger partial charge on any atom is -0.466 e. The Bertz CT molecular complexity index is 458. The summed E-state index contributed by atoms with van der Waals surface area (Å²) in [5.41, 5.74) is 0. The van der Waals surface area contributed by atoms with Crippen LogP contribution < -0.4 is 0 Å². The highest BCUT2D eigenvalue weighted by molar-refractivity contribution is 5.71. The number of esters is 1. The normalized spacial score (nSPS) is 10.9. The number of carbonyl (C=O) groups excluding carboxylic acids is 2. The standard InChI is InChI=1S/C28H55NO5/c1-3-5-7-9-11-12-13-14-15-16-17-18-20-22-26-34-28(31)29(32)24-23-27(30)33-25-21-19-10-8-6-4-2/h32H,3-26H2,1-2H3. The second kappa shape index (κ2) is 26.3. The van der Waals surface area contributed by atoms with E-state index in [1.54, 1.807) is 0 Å². The number of nitrogens with zero attached hydrogens (tertiary/aromatic N) is 1. The first kappa shape index (κ1) is 32.7. The Morgan fingerprint density at radius 1 is 0.559 bits per heavy atom. The Morgan fingerprint density at radius 2 is 0.912 bits per heavy atom. The maximum absolute atomic E-state index is 11.8. The van der Waals surface area contributed by atoms with E-state index in [0.717, 1.165) is 32.1 Å². The summed E-state index contributed by atoms with van der Waals surface area (Å²) in [5.74, 6) is -0.396. The molecule has 0 unspecified atom stereocenters. The summed E-state index contributed by atoms with van der Waals surface area (Å²) < 4.78 is 10.2. The Morgan fingerprint density at radius 3 is 1.32 bits per heavy atom. The average Bonchev–Trinajstić information content (AvgIpc) is 2.84. The van der Waals surface area contributed by atoms with Crippen LogP contribution in [0.2, 0.25) is 0 Å². The van der Waals surface area contributed by atoms with Crippen molar-refractivity contribution in [1.29, 1.82) is 0 Å². The highest BCUT2D eigenvalue weighted by Gasteiger charge is 2.14. The number of amides is 1. The molecule has 0 spiro atoms. The zero-order valence-corrected chi connectivity index (χ0v) is 22.5. The van der Waals surface area contributed by atoms with Crippen LogP contribution in [0.4, 0.5) is 4.79 Å². The molecule has 0 saturated heterocycles. The average molecular weight is 486 g/mol. The molecule has 34 heavy (non-hydrogen) atoms. The molecule has 6 nitrogen and oxygen atoms in total. The quantitative estimate of drug-likeness (QED) is 0.0606. The largest absolute Gasteiger partial charge is 0.466 e. The Labute approximate surface area is 210 Å². The van der Waals surface area contributed by atoms with E-state index in [9.17, 15) is 14.8 Å². The van der Waals surface area contributed by atoms with Gasteiger partial charge in [-0.3, -0.25) is 10.0 Å². The van der Waals surface area contributed by atoms with Crippen LogP contribution in [0, 0.1) is 0 Å². The highest BCUT2D eigenvalue weighted by Crippen LogP contribution is 2.13. The van der Waals surface area contributed by atoms with Crippen molar-refractivity contribution in [2.45, 2.75) is 149 Å². The van der Waals surface area contributed by atoms with Crippen LogP contribution in [0.3, 0.4) is 0 Å². The van der Waals surface area contributed by atoms with E-state index < -0.39 is 12.1 Å². The zero-order valence-electron chi connectivity index (χ0n) is 22.5. The molecule has 0 rings (SSSR count). The Hall–Kier alpha value is -1.30. The third-order valence-corrected chi connectivity index (χ3v) is 6.22. The second-order valence-corrected chi connectivity index (χ2v) is 9.57. The van der Waals surface area contributed by atoms with E-state index in [-0.39, 0.29) is 13.0 Å². The molecule has 1 N–H and O–H groups in total. The van der Waals surface area contributed by atoms with Crippen LogP contribution in [0.5, 0.6) is 0 Å². The van der Waals surface area contributed by atoms with Gasteiger partial charge in [0, 0.05) is 0 Å². The van der Waals surface area contributed by atoms with Crippen molar-refractivity contribution in [3.8, 4) is 0 Å². The van der Waals surface area contributed by atoms with Crippen LogP contribution >= 0.6 is 0 Å². The number of hydrogen-bond donors (Lipinski definition) is 1. The summed E-state index contributed by atoms with van der Waals surface area (Å²) >= 11 is 0. The van der Waals surface area contributed by atoms with E-state index >= 15 is 0 Å². The van der Waals surface area contributed by atoms with E-state index in [0.29, 0.717) is 18.3 Å². The van der Waals surface area contributed by atoms with Crippen molar-refractivity contribution in [3.63, 3.8) is 0 Å². The van der Waals surface area contributed by atoms with Crippen molar-refractivity contribution in [3.05, 3.63) is 0 Å². The van der Waals surface area contributed by atoms with E-state index in [4.69, 9.17) is 9.47 Å². The Kier molecular flexibility index (Phi) is 25.3. The Balaban J connectivity index is 3.41. The van der Waals surface area contributed by atoms with Gasteiger partial charge in [-0.1, -0.05) is 129 Å². The molecule has 0 aromatic rings. The molecular formula is C28H55NO5. The lowest BCUT2D eigenvalue weighted by Crippen LogP contribution is -2.31. The molecule has 0 aromatic heterocycles. The third-order valence-electron chi connectivity index (χ3n) is 6.22. The van der Waals surface area contributed by atoms with Crippen LogP contribution in [0.15, 0.2) is 0 Å². The van der Waals surface area contributed by atoms with Gasteiger partial charge >= 0.3 is 12.1 Å². The van der Waals surface area contributed by atoms with Crippen LogP contribution in [-0.2, 0) is 14.3 Å². The number of ether oxygens (including phenoxy) is 2. The summed E-state index contributed by atoms with van der Waals surface area (Å²) in [4.78, 5) is 23.5. The first-order valence-electron chi connectivity index (χ1n) is 14.4. The molecule has 0 heterocycles. The molecule has 1 amide bonds. The molecule has 0 radical (unpaired) electrons. The van der Waals surface area contributed by atoms with E-state index in [1.807, 2.05) is 0 Å². The predicted octanol–water partition coefficient (Wildman–Crippen LogP) is 8.59. The molecule has 0 aliphatic rings. The monoisotopic (exact) mass is 485 g/mol. The van der Waals surface area contributed by atoms with Crippen molar-refractivity contribution in [2.24, 2.45) is 0 Å². The molecule has 0 aromatic carbocycles. The molecule has 0 bridgehead atoms. The lowest BCUT2D eigenvalue weighted by molar-refractivity contribution is -0.146. The first-order chi connectivity index (χ1) is 16.6. The van der Waals surface area contributed by atoms with Gasteiger partial charge in [-0.25, -0.2) is 4.79 Å². The van der Waals surface area contributed by atoms with Crippen LogP contribution in [0.25, 0.3) is 0 Å². The lowest BCUT2D eigenvalue weighted by atomic mass is 10.0. The molecule has 0 saturated carbocycles. The smallest absolute Gasteiger partial charge is 0.433 e. The van der Waals surface area contributed by atoms with Gasteiger partial charge in [0.05, 0.1) is 26.2 Å². The fraction of sp³-hybridized carbons (Fsp3) is 0.929. The van der Waals surface area contributed by atoms with Gasteiger partial charge < -0.3 is 9.47 Å². The fourth-order valence-electron chi connectivity index (χ4n) is 3.96. The van der Waals surface area contributed by atoms with Crippen LogP contribution in [0.1, 0.15) is 149 Å². The van der Waals surface area contributed by atoms with Crippen LogP contribution in [-0.4, -0.2) is 42.1 Å². The predicted molar refractivity (Wildman–Crippen MR) is 139 cm³/mol. The minimum atomic E-state index is -0.793. The van der Waals surface area contributed by atoms with Gasteiger partial charge in [-0.15, -0.1) is 0 Å². The number of hydroxylamine groups is 2. The summed E-state index contributed by atoms with van der Waals surface area (Å²) in [5, 5.41) is 10.2. The molecule has 6 heteroatoms. The number of unbranched alkanes of at least 4 members (excludes halogenated alkanes) is 18. The molecule has 0 aliphatic carbocycles. The van der Waals surface area contributed by atoms with E-state index in [2.05, 4.69) is 13.8 Å². The summed E-state index contributed by atoms with van der Waals surface area (Å²) in [7, 11) is 0. The molecular weight excluding hydrogens is 430 g/mol. The first-order valence-corrected chi connectivity index (χ1v) is 14.4. The number of rotatable bonds is 25. The van der Waals surface area contributed by atoms with Crippen molar-refractivity contribution >= 4 is 12.1 Å². The van der Waals surface area contributed by atoms with Gasteiger partial charge in [0.15, 0.2) is 0 Å². The fourth-order valence-corrected chi connectivity index (χ4v) is 3.96. The maximum Gasteiger partial charge on any atom is 0.433 e. The van der Waals surface area contributed by atoms with Gasteiger partial charge in [0.25, 0.3) is 0 Å². The van der Waals surface area contributed by atoms with Crippen molar-refractivity contribution in [2.75, 3.05) is 19.8 Å². The highest BCUT2D eigenvalue weighted by atomic mass is 16.6. The van der Waals surface area contributed by atoms with Crippen molar-refractivity contribution in [1.82, 2.24) is 5.06 Å². The summed E-state index contributed by atoms with van der Waals surface area (Å²) in [6.45, 7) is 5.04. The number of hydrogen-bond acceptors (Lipinski definition) is 5. The summed E-state index contributed by atoms with van der Waals surface area (Å²) in [6, 6.07) is 0. The number of carbonyl (C=O) groups is 2. The second-order valence-electron chi connectivity index (χ2n) is 9.57. The van der Waals surface area contributed by atoms with Crippen molar-refractivity contribution < 1.29 is 24.3 Å². The molecule has 0 aliphatic heterocycles. The zero-order chi connectivity index (χ0) is 25.1. The third kappa shape index (κ3) is 23.8. The van der Waals surface area contributed by atoms with Gasteiger partial charge in [0.1, 0.15) is 0 Å². The topological polar surface area (TPSA) is 76.1 Å².